The molecule has 2 aromatic carbocycles. The van der Waals surface area contributed by atoms with Crippen molar-refractivity contribution in [2.24, 2.45) is 0 Å². The Morgan fingerprint density at radius 1 is 1.00 bits per heavy atom. The number of aromatic amines is 1. The molecule has 108 valence electrons. The van der Waals surface area contributed by atoms with Crippen molar-refractivity contribution in [3.8, 4) is 5.75 Å². The van der Waals surface area contributed by atoms with E-state index in [0.717, 1.165) is 12.1 Å². The molecule has 1 heterocycles. The van der Waals surface area contributed by atoms with Gasteiger partial charge in [-0.3, -0.25) is 0 Å². The molecule has 6 heteroatoms. The van der Waals surface area contributed by atoms with Gasteiger partial charge in [-0.15, -0.1) is 0 Å². The van der Waals surface area contributed by atoms with Crippen LogP contribution in [0.2, 0.25) is 0 Å². The van der Waals surface area contributed by atoms with Crippen molar-refractivity contribution in [3.05, 3.63) is 54.2 Å². The zero-order valence-electron chi connectivity index (χ0n) is 10.6. The van der Waals surface area contributed by atoms with E-state index < -0.39 is 11.7 Å². The fraction of sp³-hybridized carbons (Fsp3) is 0.0667. The lowest BCUT2D eigenvalue weighted by Crippen LogP contribution is -2.04. The number of halogens is 3. The maximum atomic E-state index is 12.8. The van der Waals surface area contributed by atoms with Gasteiger partial charge in [0.25, 0.3) is 0 Å². The van der Waals surface area contributed by atoms with Gasteiger partial charge in [-0.2, -0.15) is 13.2 Å². The molecule has 0 aliphatic rings. The quantitative estimate of drug-likeness (QED) is 0.695. The van der Waals surface area contributed by atoms with Crippen LogP contribution >= 0.6 is 11.8 Å². The average Bonchev–Trinajstić information content (AvgIpc) is 2.83. The first-order chi connectivity index (χ1) is 9.95. The highest BCUT2D eigenvalue weighted by Gasteiger charge is 2.30. The lowest BCUT2D eigenvalue weighted by molar-refractivity contribution is -0.137. The molecule has 2 nitrogen and oxygen atoms in total. The van der Waals surface area contributed by atoms with E-state index in [1.807, 2.05) is 0 Å². The molecule has 0 aliphatic heterocycles. The molecule has 3 rings (SSSR count). The molecule has 1 aromatic heterocycles. The molecule has 3 aromatic rings. The second-order valence-electron chi connectivity index (χ2n) is 4.48. The van der Waals surface area contributed by atoms with Crippen LogP contribution in [0.25, 0.3) is 10.9 Å². The standard InChI is InChI=1S/C15H10F3NOS/c16-15(17,18)9-5-6-11-10(7-9)14(8-19-11)21-13-4-2-1-3-12(13)20/h1-8,19-20H. The zero-order chi connectivity index (χ0) is 15.0. The number of fused-ring (bicyclic) bond motifs is 1. The topological polar surface area (TPSA) is 36.0 Å². The largest absolute Gasteiger partial charge is 0.507 e. The Labute approximate surface area is 122 Å². The lowest BCUT2D eigenvalue weighted by atomic mass is 10.1. The lowest BCUT2D eigenvalue weighted by Gasteiger charge is -2.07. The van der Waals surface area contributed by atoms with Gasteiger partial charge in [0.15, 0.2) is 0 Å². The number of nitrogens with one attached hydrogen (secondary N) is 1. The average molecular weight is 309 g/mol. The van der Waals surface area contributed by atoms with Crippen LogP contribution in [0.1, 0.15) is 5.56 Å². The predicted octanol–water partition coefficient (Wildman–Crippen LogP) is 5.04. The van der Waals surface area contributed by atoms with Crippen LogP contribution in [-0.2, 0) is 6.18 Å². The van der Waals surface area contributed by atoms with E-state index >= 15 is 0 Å². The van der Waals surface area contributed by atoms with Gasteiger partial charge in [0.05, 0.1) is 10.5 Å². The fourth-order valence-corrected chi connectivity index (χ4v) is 2.97. The first-order valence-electron chi connectivity index (χ1n) is 6.09. The van der Waals surface area contributed by atoms with Crippen LogP contribution in [-0.4, -0.2) is 10.1 Å². The number of para-hydroxylation sites is 1. The minimum atomic E-state index is -4.37. The van der Waals surface area contributed by atoms with Gasteiger partial charge in [0.1, 0.15) is 5.75 Å². The third-order valence-corrected chi connectivity index (χ3v) is 4.18. The van der Waals surface area contributed by atoms with Crippen LogP contribution in [0.15, 0.2) is 58.5 Å². The van der Waals surface area contributed by atoms with Crippen molar-refractivity contribution >= 4 is 22.7 Å². The summed E-state index contributed by atoms with van der Waals surface area (Å²) in [6.45, 7) is 0. The van der Waals surface area contributed by atoms with Crippen LogP contribution in [0, 0.1) is 0 Å². The summed E-state index contributed by atoms with van der Waals surface area (Å²) in [4.78, 5) is 4.17. The molecule has 0 saturated heterocycles. The molecule has 0 atom stereocenters. The number of phenols is 1. The highest BCUT2D eigenvalue weighted by Crippen LogP contribution is 2.39. The minimum absolute atomic E-state index is 0.101. The van der Waals surface area contributed by atoms with Gasteiger partial charge >= 0.3 is 6.18 Å². The normalized spacial score (nSPS) is 12.0. The molecule has 21 heavy (non-hydrogen) atoms. The van der Waals surface area contributed by atoms with Crippen molar-refractivity contribution in [2.75, 3.05) is 0 Å². The highest BCUT2D eigenvalue weighted by atomic mass is 32.2. The summed E-state index contributed by atoms with van der Waals surface area (Å²) >= 11 is 1.22. The first-order valence-corrected chi connectivity index (χ1v) is 6.91. The molecular weight excluding hydrogens is 299 g/mol. The summed E-state index contributed by atoms with van der Waals surface area (Å²) < 4.78 is 38.4. The molecule has 0 spiro atoms. The van der Waals surface area contributed by atoms with E-state index in [1.54, 1.807) is 30.5 Å². The Bertz CT molecular complexity index is 795. The number of hydrogen-bond donors (Lipinski definition) is 2. The van der Waals surface area contributed by atoms with E-state index in [4.69, 9.17) is 0 Å². The number of hydrogen-bond acceptors (Lipinski definition) is 2. The Balaban J connectivity index is 2.05. The monoisotopic (exact) mass is 309 g/mol. The highest BCUT2D eigenvalue weighted by molar-refractivity contribution is 7.99. The van der Waals surface area contributed by atoms with E-state index in [0.29, 0.717) is 20.7 Å². The third-order valence-electron chi connectivity index (χ3n) is 3.06. The maximum Gasteiger partial charge on any atom is 0.416 e. The van der Waals surface area contributed by atoms with Gasteiger partial charge < -0.3 is 10.1 Å². The van der Waals surface area contributed by atoms with Crippen molar-refractivity contribution in [1.82, 2.24) is 4.98 Å². The summed E-state index contributed by atoms with van der Waals surface area (Å²) in [5.41, 5.74) is -0.0605. The van der Waals surface area contributed by atoms with Crippen molar-refractivity contribution < 1.29 is 18.3 Å². The molecule has 0 amide bonds. The van der Waals surface area contributed by atoms with Crippen LogP contribution in [0.4, 0.5) is 13.2 Å². The van der Waals surface area contributed by atoms with Crippen LogP contribution < -0.4 is 0 Å². The Kier molecular flexibility index (Phi) is 3.33. The number of aromatic hydroxyl groups is 1. The molecule has 2 N–H and O–H groups in total. The fourth-order valence-electron chi connectivity index (χ4n) is 2.02. The summed E-state index contributed by atoms with van der Waals surface area (Å²) in [6.07, 6.45) is -2.73. The van der Waals surface area contributed by atoms with E-state index in [-0.39, 0.29) is 5.75 Å². The molecule has 0 aliphatic carbocycles. The number of phenolic OH excluding ortho intramolecular Hbond substituents is 1. The number of rotatable bonds is 2. The van der Waals surface area contributed by atoms with Gasteiger partial charge in [-0.05, 0) is 30.3 Å². The van der Waals surface area contributed by atoms with Crippen LogP contribution in [0.3, 0.4) is 0 Å². The van der Waals surface area contributed by atoms with E-state index in [2.05, 4.69) is 4.98 Å². The summed E-state index contributed by atoms with van der Waals surface area (Å²) in [5, 5.41) is 10.2. The Hall–Kier alpha value is -2.08. The maximum absolute atomic E-state index is 12.8. The van der Waals surface area contributed by atoms with Crippen molar-refractivity contribution in [2.45, 2.75) is 16.0 Å². The predicted molar refractivity (Wildman–Crippen MR) is 75.5 cm³/mol. The summed E-state index contributed by atoms with van der Waals surface area (Å²) in [5.74, 6) is 0.101. The summed E-state index contributed by atoms with van der Waals surface area (Å²) in [6, 6.07) is 10.3. The molecule has 0 bridgehead atoms. The van der Waals surface area contributed by atoms with Gasteiger partial charge in [0.2, 0.25) is 0 Å². The molecule has 0 unspecified atom stereocenters. The van der Waals surface area contributed by atoms with Crippen molar-refractivity contribution in [3.63, 3.8) is 0 Å². The molecular formula is C15H10F3NOS. The van der Waals surface area contributed by atoms with Gasteiger partial charge in [-0.1, -0.05) is 23.9 Å². The van der Waals surface area contributed by atoms with E-state index in [1.165, 1.54) is 17.8 Å². The van der Waals surface area contributed by atoms with Gasteiger partial charge in [-0.25, -0.2) is 0 Å². The second kappa shape index (κ2) is 5.04. The third kappa shape index (κ3) is 2.71. The minimum Gasteiger partial charge on any atom is -0.507 e. The van der Waals surface area contributed by atoms with Gasteiger partial charge in [0, 0.05) is 22.0 Å². The molecule has 0 fully saturated rings. The van der Waals surface area contributed by atoms with E-state index in [9.17, 15) is 18.3 Å². The summed E-state index contributed by atoms with van der Waals surface area (Å²) in [7, 11) is 0. The number of alkyl halides is 3. The molecule has 0 saturated carbocycles. The number of H-pyrrole nitrogens is 1. The number of aromatic nitrogens is 1. The molecule has 0 radical (unpaired) electrons. The smallest absolute Gasteiger partial charge is 0.416 e. The second-order valence-corrected chi connectivity index (χ2v) is 5.56. The Morgan fingerprint density at radius 3 is 2.48 bits per heavy atom. The van der Waals surface area contributed by atoms with Crippen molar-refractivity contribution in [1.29, 1.82) is 0 Å². The number of benzene rings is 2. The SMILES string of the molecule is Oc1ccccc1Sc1c[nH]c2ccc(C(F)(F)F)cc12. The van der Waals surface area contributed by atoms with Crippen LogP contribution in [0.5, 0.6) is 5.75 Å². The zero-order valence-corrected chi connectivity index (χ0v) is 11.4. The Morgan fingerprint density at radius 2 is 1.76 bits per heavy atom. The first kappa shape index (κ1) is 13.9.